The lowest BCUT2D eigenvalue weighted by molar-refractivity contribution is -0.123. The van der Waals surface area contributed by atoms with E-state index < -0.39 is 0 Å². The SMILES string of the molecule is NC(=O)C1CCCCC1NC(=O)c1ccc(C2CCC(Br)CC2)o1. The summed E-state index contributed by atoms with van der Waals surface area (Å²) < 4.78 is 5.81. The number of nitrogens with two attached hydrogens (primary N) is 1. The number of hydrogen-bond acceptors (Lipinski definition) is 3. The summed E-state index contributed by atoms with van der Waals surface area (Å²) >= 11 is 3.66. The van der Waals surface area contributed by atoms with Crippen LogP contribution in [0.15, 0.2) is 16.5 Å². The molecule has 132 valence electrons. The molecule has 2 aliphatic rings. The van der Waals surface area contributed by atoms with Crippen molar-refractivity contribution in [1.29, 1.82) is 0 Å². The molecular formula is C18H25BrN2O3. The van der Waals surface area contributed by atoms with Gasteiger partial charge in [0, 0.05) is 16.8 Å². The number of hydrogen-bond donors (Lipinski definition) is 2. The van der Waals surface area contributed by atoms with Crippen LogP contribution in [0.2, 0.25) is 0 Å². The molecule has 1 heterocycles. The summed E-state index contributed by atoms with van der Waals surface area (Å²) in [5.74, 6) is 0.786. The molecule has 0 aliphatic heterocycles. The van der Waals surface area contributed by atoms with E-state index >= 15 is 0 Å². The predicted octanol–water partition coefficient (Wildman–Crippen LogP) is 3.47. The fraction of sp³-hybridized carbons (Fsp3) is 0.667. The summed E-state index contributed by atoms with van der Waals surface area (Å²) in [6.07, 6.45) is 7.97. The van der Waals surface area contributed by atoms with Gasteiger partial charge in [-0.2, -0.15) is 0 Å². The van der Waals surface area contributed by atoms with Crippen molar-refractivity contribution in [2.24, 2.45) is 11.7 Å². The number of halogens is 1. The Morgan fingerprint density at radius 2 is 1.79 bits per heavy atom. The number of amides is 2. The molecule has 6 heteroatoms. The van der Waals surface area contributed by atoms with Gasteiger partial charge in [-0.3, -0.25) is 9.59 Å². The lowest BCUT2D eigenvalue weighted by Gasteiger charge is -2.29. The quantitative estimate of drug-likeness (QED) is 0.763. The van der Waals surface area contributed by atoms with Gasteiger partial charge in [0.1, 0.15) is 5.76 Å². The van der Waals surface area contributed by atoms with Crippen LogP contribution >= 0.6 is 15.9 Å². The van der Waals surface area contributed by atoms with Crippen molar-refractivity contribution in [3.63, 3.8) is 0 Å². The third kappa shape index (κ3) is 4.02. The molecule has 2 aliphatic carbocycles. The Morgan fingerprint density at radius 3 is 2.50 bits per heavy atom. The van der Waals surface area contributed by atoms with Crippen molar-refractivity contribution >= 4 is 27.7 Å². The summed E-state index contributed by atoms with van der Waals surface area (Å²) in [5.41, 5.74) is 5.47. The average Bonchev–Trinajstić information content (AvgIpc) is 3.06. The van der Waals surface area contributed by atoms with Crippen LogP contribution in [0.5, 0.6) is 0 Å². The van der Waals surface area contributed by atoms with Crippen LogP contribution in [0.1, 0.15) is 73.6 Å². The molecule has 2 saturated carbocycles. The summed E-state index contributed by atoms with van der Waals surface area (Å²) in [5, 5.41) is 2.95. The maximum Gasteiger partial charge on any atom is 0.287 e. The number of primary amides is 1. The minimum atomic E-state index is -0.327. The first-order chi connectivity index (χ1) is 11.5. The fourth-order valence-electron chi connectivity index (χ4n) is 3.92. The normalized spacial score (nSPS) is 30.7. The summed E-state index contributed by atoms with van der Waals surface area (Å²) in [6.45, 7) is 0. The first kappa shape index (κ1) is 17.5. The van der Waals surface area contributed by atoms with Gasteiger partial charge in [-0.25, -0.2) is 0 Å². The van der Waals surface area contributed by atoms with Crippen LogP contribution in [-0.4, -0.2) is 22.7 Å². The fourth-order valence-corrected chi connectivity index (χ4v) is 4.44. The second-order valence-corrected chi connectivity index (χ2v) is 8.32. The Morgan fingerprint density at radius 1 is 1.08 bits per heavy atom. The molecule has 5 nitrogen and oxygen atoms in total. The molecule has 3 N–H and O–H groups in total. The molecule has 2 atom stereocenters. The highest BCUT2D eigenvalue weighted by Gasteiger charge is 2.31. The summed E-state index contributed by atoms with van der Waals surface area (Å²) in [4.78, 5) is 24.6. The second kappa shape index (κ2) is 7.72. The Balaban J connectivity index is 1.62. The molecule has 2 unspecified atom stereocenters. The topological polar surface area (TPSA) is 85.3 Å². The van der Waals surface area contributed by atoms with E-state index in [4.69, 9.17) is 10.2 Å². The molecule has 0 radical (unpaired) electrons. The van der Waals surface area contributed by atoms with Crippen LogP contribution in [0.4, 0.5) is 0 Å². The van der Waals surface area contributed by atoms with Crippen LogP contribution in [-0.2, 0) is 4.79 Å². The predicted molar refractivity (Wildman–Crippen MR) is 95.0 cm³/mol. The average molecular weight is 397 g/mol. The molecule has 0 bridgehead atoms. The third-order valence-corrected chi connectivity index (χ3v) is 6.27. The maximum atomic E-state index is 12.5. The van der Waals surface area contributed by atoms with Crippen molar-refractivity contribution in [2.75, 3.05) is 0 Å². The Labute approximate surface area is 150 Å². The number of nitrogens with one attached hydrogen (secondary N) is 1. The largest absolute Gasteiger partial charge is 0.456 e. The van der Waals surface area contributed by atoms with Gasteiger partial charge >= 0.3 is 0 Å². The Kier molecular flexibility index (Phi) is 5.64. The second-order valence-electron chi connectivity index (χ2n) is 7.02. The van der Waals surface area contributed by atoms with Crippen molar-refractivity contribution in [3.8, 4) is 0 Å². The standard InChI is InChI=1S/C18H25BrN2O3/c19-12-7-5-11(6-8-12)15-9-10-16(24-15)18(23)21-14-4-2-1-3-13(14)17(20)22/h9-14H,1-8H2,(H2,20,22)(H,21,23). The van der Waals surface area contributed by atoms with Gasteiger partial charge < -0.3 is 15.5 Å². The van der Waals surface area contributed by atoms with Gasteiger partial charge in [0.05, 0.1) is 5.92 Å². The zero-order valence-corrected chi connectivity index (χ0v) is 15.4. The van der Waals surface area contributed by atoms with E-state index in [0.717, 1.165) is 57.1 Å². The molecule has 0 saturated heterocycles. The Hall–Kier alpha value is -1.30. The zero-order valence-electron chi connectivity index (χ0n) is 13.8. The van der Waals surface area contributed by atoms with Gasteiger partial charge in [0.2, 0.25) is 5.91 Å². The van der Waals surface area contributed by atoms with Crippen molar-refractivity contribution in [1.82, 2.24) is 5.32 Å². The highest BCUT2D eigenvalue weighted by Crippen LogP contribution is 2.36. The number of rotatable bonds is 4. The van der Waals surface area contributed by atoms with Crippen LogP contribution in [0, 0.1) is 5.92 Å². The maximum absolute atomic E-state index is 12.5. The summed E-state index contributed by atoms with van der Waals surface area (Å²) in [7, 11) is 0. The number of carbonyl (C=O) groups excluding carboxylic acids is 2. The van der Waals surface area contributed by atoms with Crippen LogP contribution < -0.4 is 11.1 Å². The first-order valence-corrected chi connectivity index (χ1v) is 9.80. The van der Waals surface area contributed by atoms with Gasteiger partial charge in [-0.05, 0) is 50.7 Å². The van der Waals surface area contributed by atoms with Crippen molar-refractivity contribution in [3.05, 3.63) is 23.7 Å². The lowest BCUT2D eigenvalue weighted by Crippen LogP contribution is -2.47. The molecule has 1 aromatic rings. The molecule has 3 rings (SSSR count). The molecule has 2 amide bonds. The minimum absolute atomic E-state index is 0.180. The number of alkyl halides is 1. The van der Waals surface area contributed by atoms with E-state index in [1.807, 2.05) is 6.07 Å². The molecular weight excluding hydrogens is 372 g/mol. The Bertz CT molecular complexity index is 593. The zero-order chi connectivity index (χ0) is 17.1. The van der Waals surface area contributed by atoms with E-state index in [0.29, 0.717) is 16.5 Å². The van der Waals surface area contributed by atoms with Gasteiger partial charge in [-0.1, -0.05) is 28.8 Å². The van der Waals surface area contributed by atoms with Crippen LogP contribution in [0.25, 0.3) is 0 Å². The molecule has 2 fully saturated rings. The van der Waals surface area contributed by atoms with E-state index in [1.165, 1.54) is 0 Å². The van der Waals surface area contributed by atoms with E-state index in [9.17, 15) is 9.59 Å². The molecule has 0 spiro atoms. The number of carbonyl (C=O) groups is 2. The van der Waals surface area contributed by atoms with Crippen LogP contribution in [0.3, 0.4) is 0 Å². The first-order valence-electron chi connectivity index (χ1n) is 8.88. The molecule has 24 heavy (non-hydrogen) atoms. The van der Waals surface area contributed by atoms with E-state index in [2.05, 4.69) is 21.2 Å². The van der Waals surface area contributed by atoms with Crippen molar-refractivity contribution in [2.45, 2.75) is 68.2 Å². The van der Waals surface area contributed by atoms with E-state index in [1.54, 1.807) is 6.07 Å². The highest BCUT2D eigenvalue weighted by molar-refractivity contribution is 9.09. The van der Waals surface area contributed by atoms with Gasteiger partial charge in [-0.15, -0.1) is 0 Å². The minimum Gasteiger partial charge on any atom is -0.456 e. The molecule has 1 aromatic heterocycles. The third-order valence-electron chi connectivity index (χ3n) is 5.36. The van der Waals surface area contributed by atoms with Gasteiger partial charge in [0.15, 0.2) is 5.76 Å². The molecule has 0 aromatic carbocycles. The smallest absolute Gasteiger partial charge is 0.287 e. The summed E-state index contributed by atoms with van der Waals surface area (Å²) in [6, 6.07) is 3.48. The van der Waals surface area contributed by atoms with E-state index in [-0.39, 0.29) is 23.8 Å². The van der Waals surface area contributed by atoms with Gasteiger partial charge in [0.25, 0.3) is 5.91 Å². The number of furan rings is 1. The van der Waals surface area contributed by atoms with Crippen molar-refractivity contribution < 1.29 is 14.0 Å². The lowest BCUT2D eigenvalue weighted by atomic mass is 9.84. The highest BCUT2D eigenvalue weighted by atomic mass is 79.9. The monoisotopic (exact) mass is 396 g/mol.